The largest absolute Gasteiger partial charge is 0.248 e. The Labute approximate surface area is 89.9 Å². The van der Waals surface area contributed by atoms with Gasteiger partial charge in [-0.3, -0.25) is 0 Å². The van der Waals surface area contributed by atoms with E-state index >= 15 is 0 Å². The number of aromatic nitrogens is 5. The van der Waals surface area contributed by atoms with E-state index in [4.69, 9.17) is 5.26 Å². The molecule has 0 saturated heterocycles. The normalized spacial score (nSPS) is 9.87. The Morgan fingerprint density at radius 3 is 3.07 bits per heavy atom. The van der Waals surface area contributed by atoms with Gasteiger partial charge in [0.2, 0.25) is 5.16 Å². The minimum absolute atomic E-state index is 0.519. The number of nitriles is 1. The molecule has 0 amide bonds. The van der Waals surface area contributed by atoms with Gasteiger partial charge in [-0.05, 0) is 34.3 Å². The van der Waals surface area contributed by atoms with Crippen LogP contribution in [0.1, 0.15) is 5.56 Å². The second kappa shape index (κ2) is 4.06. The van der Waals surface area contributed by atoms with Gasteiger partial charge in [-0.1, -0.05) is 0 Å². The minimum Gasteiger partial charge on any atom is -0.248 e. The van der Waals surface area contributed by atoms with Crippen LogP contribution >= 0.6 is 11.8 Å². The zero-order valence-corrected chi connectivity index (χ0v) is 8.64. The Kier molecular flexibility index (Phi) is 2.60. The van der Waals surface area contributed by atoms with Crippen molar-refractivity contribution in [3.05, 3.63) is 23.9 Å². The van der Waals surface area contributed by atoms with Crippen LogP contribution in [0.15, 0.2) is 28.5 Å². The molecule has 0 aliphatic heterocycles. The maximum absolute atomic E-state index is 8.85. The van der Waals surface area contributed by atoms with E-state index in [0.29, 0.717) is 15.7 Å². The lowest BCUT2D eigenvalue weighted by Gasteiger charge is -1.99. The van der Waals surface area contributed by atoms with Gasteiger partial charge in [-0.25, -0.2) is 9.67 Å². The first kappa shape index (κ1) is 9.61. The highest BCUT2D eigenvalue weighted by Gasteiger charge is 2.09. The molecule has 0 aliphatic carbocycles. The van der Waals surface area contributed by atoms with Crippen molar-refractivity contribution >= 4 is 11.8 Å². The third kappa shape index (κ3) is 1.94. The Morgan fingerprint density at radius 1 is 1.53 bits per heavy atom. The Balaban J connectivity index is 2.33. The van der Waals surface area contributed by atoms with Crippen molar-refractivity contribution in [1.29, 1.82) is 5.26 Å². The summed E-state index contributed by atoms with van der Waals surface area (Å²) in [4.78, 5) is 4.10. The second-order valence-electron chi connectivity index (χ2n) is 2.66. The molecule has 0 saturated carbocycles. The summed E-state index contributed by atoms with van der Waals surface area (Å²) in [6, 6.07) is 5.49. The van der Waals surface area contributed by atoms with Gasteiger partial charge in [-0.2, -0.15) is 5.26 Å². The Morgan fingerprint density at radius 2 is 2.40 bits per heavy atom. The highest BCUT2D eigenvalue weighted by Crippen LogP contribution is 2.25. The molecular formula is C8H6N6S. The summed E-state index contributed by atoms with van der Waals surface area (Å²) >= 11 is 1.27. The first-order chi connectivity index (χ1) is 7.31. The van der Waals surface area contributed by atoms with Crippen LogP contribution in [0.25, 0.3) is 0 Å². The maximum Gasteiger partial charge on any atom is 0.215 e. The van der Waals surface area contributed by atoms with E-state index in [0.717, 1.165) is 0 Å². The number of hydrogen-bond acceptors (Lipinski definition) is 6. The second-order valence-corrected chi connectivity index (χ2v) is 3.61. The van der Waals surface area contributed by atoms with E-state index in [9.17, 15) is 0 Å². The molecule has 0 N–H and O–H groups in total. The molecule has 74 valence electrons. The SMILES string of the molecule is Cn1nnnc1Sc1ncccc1C#N. The van der Waals surface area contributed by atoms with Crippen LogP contribution in [0.2, 0.25) is 0 Å². The van der Waals surface area contributed by atoms with Crippen molar-refractivity contribution < 1.29 is 0 Å². The molecule has 6 nitrogen and oxygen atoms in total. The van der Waals surface area contributed by atoms with Crippen LogP contribution in [0.4, 0.5) is 0 Å². The smallest absolute Gasteiger partial charge is 0.215 e. The summed E-state index contributed by atoms with van der Waals surface area (Å²) in [6.45, 7) is 0. The van der Waals surface area contributed by atoms with Gasteiger partial charge in [0.05, 0.1) is 5.56 Å². The lowest BCUT2D eigenvalue weighted by molar-refractivity contribution is 0.664. The molecule has 0 unspecified atom stereocenters. The number of hydrogen-bond donors (Lipinski definition) is 0. The molecular weight excluding hydrogens is 212 g/mol. The first-order valence-electron chi connectivity index (χ1n) is 4.06. The maximum atomic E-state index is 8.85. The Bertz CT molecular complexity index is 514. The Hall–Kier alpha value is -1.94. The fraction of sp³-hybridized carbons (Fsp3) is 0.125. The van der Waals surface area contributed by atoms with Gasteiger partial charge < -0.3 is 0 Å². The molecule has 15 heavy (non-hydrogen) atoms. The summed E-state index contributed by atoms with van der Waals surface area (Å²) < 4.78 is 1.53. The lowest BCUT2D eigenvalue weighted by atomic mass is 10.3. The quantitative estimate of drug-likeness (QED) is 0.735. The van der Waals surface area contributed by atoms with Crippen molar-refractivity contribution in [1.82, 2.24) is 25.2 Å². The van der Waals surface area contributed by atoms with Crippen LogP contribution in [0.5, 0.6) is 0 Å². The van der Waals surface area contributed by atoms with Gasteiger partial charge in [0.25, 0.3) is 0 Å². The highest BCUT2D eigenvalue weighted by atomic mass is 32.2. The van der Waals surface area contributed by atoms with Crippen molar-refractivity contribution in [3.63, 3.8) is 0 Å². The zero-order valence-electron chi connectivity index (χ0n) is 7.82. The van der Waals surface area contributed by atoms with E-state index in [2.05, 4.69) is 26.6 Å². The zero-order chi connectivity index (χ0) is 10.7. The third-order valence-corrected chi connectivity index (χ3v) is 2.71. The molecule has 2 aromatic heterocycles. The van der Waals surface area contributed by atoms with E-state index in [-0.39, 0.29) is 0 Å². The summed E-state index contributed by atoms with van der Waals surface area (Å²) in [5.74, 6) is 0. The van der Waals surface area contributed by atoms with Crippen LogP contribution in [-0.2, 0) is 7.05 Å². The molecule has 2 aromatic rings. The van der Waals surface area contributed by atoms with E-state index < -0.39 is 0 Å². The van der Waals surface area contributed by atoms with Crippen LogP contribution in [0.3, 0.4) is 0 Å². The van der Waals surface area contributed by atoms with Crippen molar-refractivity contribution in [3.8, 4) is 6.07 Å². The number of aryl methyl sites for hydroxylation is 1. The molecule has 0 fully saturated rings. The summed E-state index contributed by atoms with van der Waals surface area (Å²) in [6.07, 6.45) is 1.63. The summed E-state index contributed by atoms with van der Waals surface area (Å²) in [7, 11) is 1.73. The highest BCUT2D eigenvalue weighted by molar-refractivity contribution is 7.99. The molecule has 0 spiro atoms. The van der Waals surface area contributed by atoms with Crippen LogP contribution < -0.4 is 0 Å². The van der Waals surface area contributed by atoms with Gasteiger partial charge in [0.15, 0.2) is 0 Å². The van der Waals surface area contributed by atoms with E-state index in [1.54, 1.807) is 25.4 Å². The predicted octanol–water partition coefficient (Wildman–Crippen LogP) is 0.628. The third-order valence-electron chi connectivity index (χ3n) is 1.66. The van der Waals surface area contributed by atoms with Crippen molar-refractivity contribution in [2.75, 3.05) is 0 Å². The molecule has 0 bridgehead atoms. The fourth-order valence-electron chi connectivity index (χ4n) is 0.951. The van der Waals surface area contributed by atoms with Gasteiger partial charge in [-0.15, -0.1) is 5.10 Å². The van der Waals surface area contributed by atoms with Gasteiger partial charge >= 0.3 is 0 Å². The molecule has 0 radical (unpaired) electrons. The monoisotopic (exact) mass is 218 g/mol. The van der Waals surface area contributed by atoms with E-state index in [1.807, 2.05) is 0 Å². The van der Waals surface area contributed by atoms with Gasteiger partial charge in [0, 0.05) is 13.2 Å². The first-order valence-corrected chi connectivity index (χ1v) is 4.88. The van der Waals surface area contributed by atoms with Crippen molar-refractivity contribution in [2.45, 2.75) is 10.2 Å². The number of nitrogens with zero attached hydrogens (tertiary/aromatic N) is 6. The van der Waals surface area contributed by atoms with E-state index in [1.165, 1.54) is 16.4 Å². The molecule has 7 heteroatoms. The minimum atomic E-state index is 0.519. The predicted molar refractivity (Wildman–Crippen MR) is 51.9 cm³/mol. The number of rotatable bonds is 2. The molecule has 2 heterocycles. The fourth-order valence-corrected chi connectivity index (χ4v) is 1.71. The van der Waals surface area contributed by atoms with Crippen molar-refractivity contribution in [2.24, 2.45) is 7.05 Å². The average molecular weight is 218 g/mol. The number of tetrazole rings is 1. The molecule has 0 aromatic carbocycles. The average Bonchev–Trinajstić information content (AvgIpc) is 2.65. The summed E-state index contributed by atoms with van der Waals surface area (Å²) in [5, 5.41) is 21.1. The molecule has 2 rings (SSSR count). The van der Waals surface area contributed by atoms with Crippen LogP contribution in [-0.4, -0.2) is 25.2 Å². The summed E-state index contributed by atoms with van der Waals surface area (Å²) in [5.41, 5.74) is 0.519. The topological polar surface area (TPSA) is 80.3 Å². The molecule has 0 aliphatic rings. The van der Waals surface area contributed by atoms with Gasteiger partial charge in [0.1, 0.15) is 11.1 Å². The number of pyridine rings is 1. The lowest BCUT2D eigenvalue weighted by Crippen LogP contribution is -1.94. The molecule has 0 atom stereocenters. The standard InChI is InChI=1S/C8H6N6S/c1-14-8(11-12-13-14)15-7-6(5-9)3-2-4-10-7/h2-4H,1H3. The van der Waals surface area contributed by atoms with Crippen LogP contribution in [0, 0.1) is 11.3 Å².